The number of esters is 1. The molecule has 0 heterocycles. The van der Waals surface area contributed by atoms with Crippen LogP contribution in [0.5, 0.6) is 5.75 Å². The number of aliphatic hydroxyl groups excluding tert-OH is 1. The smallest absolute Gasteiger partial charge is 0.311 e. The van der Waals surface area contributed by atoms with Crippen LogP contribution in [0.4, 0.5) is 0 Å². The third kappa shape index (κ3) is 4.24. The van der Waals surface area contributed by atoms with Crippen LogP contribution in [0.2, 0.25) is 0 Å². The maximum absolute atomic E-state index is 11.8. The molecule has 0 amide bonds. The Kier molecular flexibility index (Phi) is 6.36. The van der Waals surface area contributed by atoms with E-state index in [0.29, 0.717) is 30.9 Å². The van der Waals surface area contributed by atoms with Crippen LogP contribution in [0.15, 0.2) is 24.3 Å². The molecular formula is C15H22O4. The normalized spacial score (nSPS) is 13.7. The predicted octanol–water partition coefficient (Wildman–Crippen LogP) is 2.71. The summed E-state index contributed by atoms with van der Waals surface area (Å²) >= 11 is 0. The second kappa shape index (κ2) is 7.79. The van der Waals surface area contributed by atoms with E-state index in [2.05, 4.69) is 0 Å². The number of ether oxygens (including phenoxy) is 2. The summed E-state index contributed by atoms with van der Waals surface area (Å²) in [5.41, 5.74) is 0.672. The van der Waals surface area contributed by atoms with Crippen molar-refractivity contribution in [3.8, 4) is 5.75 Å². The summed E-state index contributed by atoms with van der Waals surface area (Å²) in [6, 6.07) is 7.18. The van der Waals surface area contributed by atoms with E-state index in [1.165, 1.54) is 0 Å². The molecule has 0 spiro atoms. The number of carbonyl (C=O) groups excluding carboxylic acids is 1. The molecule has 2 unspecified atom stereocenters. The fourth-order valence-corrected chi connectivity index (χ4v) is 1.96. The lowest BCUT2D eigenvalue weighted by Crippen LogP contribution is -2.24. The van der Waals surface area contributed by atoms with Crippen molar-refractivity contribution in [2.24, 2.45) is 5.92 Å². The van der Waals surface area contributed by atoms with Crippen LogP contribution >= 0.6 is 0 Å². The zero-order chi connectivity index (χ0) is 14.3. The van der Waals surface area contributed by atoms with Gasteiger partial charge >= 0.3 is 5.97 Å². The average Bonchev–Trinajstić information content (AvgIpc) is 2.40. The van der Waals surface area contributed by atoms with E-state index < -0.39 is 12.0 Å². The molecule has 4 heteroatoms. The summed E-state index contributed by atoms with van der Waals surface area (Å²) in [7, 11) is 0. The van der Waals surface area contributed by atoms with Crippen LogP contribution in [-0.2, 0) is 9.53 Å². The highest BCUT2D eigenvalue weighted by Gasteiger charge is 2.27. The first-order valence-electron chi connectivity index (χ1n) is 6.71. The molecule has 0 bridgehead atoms. The molecule has 19 heavy (non-hydrogen) atoms. The molecule has 106 valence electrons. The zero-order valence-electron chi connectivity index (χ0n) is 11.8. The number of aliphatic hydroxyl groups is 1. The molecule has 0 fully saturated rings. The first-order chi connectivity index (χ1) is 9.13. The Labute approximate surface area is 114 Å². The lowest BCUT2D eigenvalue weighted by atomic mass is 9.93. The number of carbonyl (C=O) groups is 1. The van der Waals surface area contributed by atoms with Crippen LogP contribution < -0.4 is 4.74 Å². The van der Waals surface area contributed by atoms with E-state index in [4.69, 9.17) is 9.47 Å². The van der Waals surface area contributed by atoms with E-state index in [1.54, 1.807) is 25.1 Å². The Morgan fingerprint density at radius 3 is 2.58 bits per heavy atom. The second-order valence-electron chi connectivity index (χ2n) is 4.22. The first-order valence-corrected chi connectivity index (χ1v) is 6.71. The third-order valence-corrected chi connectivity index (χ3v) is 2.92. The highest BCUT2D eigenvalue weighted by molar-refractivity contribution is 5.73. The molecule has 0 saturated carbocycles. The van der Waals surface area contributed by atoms with Crippen molar-refractivity contribution < 1.29 is 19.4 Å². The molecule has 1 rings (SSSR count). The number of rotatable bonds is 7. The average molecular weight is 266 g/mol. The highest BCUT2D eigenvalue weighted by atomic mass is 16.5. The first kappa shape index (κ1) is 15.5. The highest BCUT2D eigenvalue weighted by Crippen LogP contribution is 2.28. The topological polar surface area (TPSA) is 55.8 Å². The molecular weight excluding hydrogens is 244 g/mol. The fraction of sp³-hybridized carbons (Fsp3) is 0.533. The van der Waals surface area contributed by atoms with Crippen LogP contribution in [0.25, 0.3) is 0 Å². The van der Waals surface area contributed by atoms with Crippen molar-refractivity contribution in [2.45, 2.75) is 33.3 Å². The van der Waals surface area contributed by atoms with Gasteiger partial charge in [-0.2, -0.15) is 0 Å². The fourth-order valence-electron chi connectivity index (χ4n) is 1.96. The van der Waals surface area contributed by atoms with Crippen LogP contribution in [0.1, 0.15) is 38.9 Å². The molecule has 0 aliphatic heterocycles. The van der Waals surface area contributed by atoms with Gasteiger partial charge in [0.1, 0.15) is 5.75 Å². The van der Waals surface area contributed by atoms with Gasteiger partial charge in [-0.15, -0.1) is 0 Å². The van der Waals surface area contributed by atoms with Gasteiger partial charge in [-0.25, -0.2) is 0 Å². The Bertz CT molecular complexity index is 403. The van der Waals surface area contributed by atoms with Gasteiger partial charge in [0.2, 0.25) is 0 Å². The number of hydrogen-bond acceptors (Lipinski definition) is 4. The van der Waals surface area contributed by atoms with Crippen molar-refractivity contribution in [1.82, 2.24) is 0 Å². The minimum Gasteiger partial charge on any atom is -0.494 e. The monoisotopic (exact) mass is 266 g/mol. The van der Waals surface area contributed by atoms with Gasteiger partial charge in [0.25, 0.3) is 0 Å². The van der Waals surface area contributed by atoms with Crippen molar-refractivity contribution in [3.05, 3.63) is 29.8 Å². The Morgan fingerprint density at radius 2 is 2.00 bits per heavy atom. The molecule has 1 aromatic carbocycles. The van der Waals surface area contributed by atoms with Gasteiger partial charge < -0.3 is 14.6 Å². The molecule has 0 radical (unpaired) electrons. The van der Waals surface area contributed by atoms with E-state index >= 15 is 0 Å². The zero-order valence-corrected chi connectivity index (χ0v) is 11.8. The largest absolute Gasteiger partial charge is 0.494 e. The van der Waals surface area contributed by atoms with Crippen LogP contribution in [0.3, 0.4) is 0 Å². The Hall–Kier alpha value is -1.55. The van der Waals surface area contributed by atoms with E-state index in [1.807, 2.05) is 19.9 Å². The quantitative estimate of drug-likeness (QED) is 0.771. The molecule has 0 saturated heterocycles. The molecule has 0 aliphatic rings. The summed E-state index contributed by atoms with van der Waals surface area (Å²) in [5.74, 6) is -0.214. The number of hydrogen-bond donors (Lipinski definition) is 1. The van der Waals surface area contributed by atoms with E-state index in [-0.39, 0.29) is 5.97 Å². The van der Waals surface area contributed by atoms with Gasteiger partial charge in [0, 0.05) is 0 Å². The predicted molar refractivity (Wildman–Crippen MR) is 73.0 cm³/mol. The van der Waals surface area contributed by atoms with Crippen molar-refractivity contribution in [1.29, 1.82) is 0 Å². The van der Waals surface area contributed by atoms with Gasteiger partial charge in [-0.05, 0) is 38.0 Å². The molecule has 0 aliphatic carbocycles. The van der Waals surface area contributed by atoms with Gasteiger partial charge in [0.05, 0.1) is 25.2 Å². The summed E-state index contributed by atoms with van der Waals surface area (Å²) in [4.78, 5) is 11.8. The van der Waals surface area contributed by atoms with Gasteiger partial charge in [-0.3, -0.25) is 4.79 Å². The summed E-state index contributed by atoms with van der Waals surface area (Å²) in [6.45, 7) is 6.40. The molecule has 1 N–H and O–H groups in total. The van der Waals surface area contributed by atoms with Crippen LogP contribution in [0, 0.1) is 5.92 Å². The van der Waals surface area contributed by atoms with Gasteiger partial charge in [0.15, 0.2) is 0 Å². The molecule has 1 aromatic rings. The van der Waals surface area contributed by atoms with E-state index in [0.717, 1.165) is 0 Å². The minimum atomic E-state index is -0.871. The van der Waals surface area contributed by atoms with Crippen molar-refractivity contribution >= 4 is 5.97 Å². The molecule has 4 nitrogen and oxygen atoms in total. The minimum absolute atomic E-state index is 0.320. The second-order valence-corrected chi connectivity index (χ2v) is 4.22. The lowest BCUT2D eigenvalue weighted by Gasteiger charge is -2.20. The van der Waals surface area contributed by atoms with Crippen LogP contribution in [-0.4, -0.2) is 24.3 Å². The molecule has 0 aromatic heterocycles. The lowest BCUT2D eigenvalue weighted by molar-refractivity contribution is -0.152. The Morgan fingerprint density at radius 1 is 1.26 bits per heavy atom. The van der Waals surface area contributed by atoms with Crippen molar-refractivity contribution in [3.63, 3.8) is 0 Å². The molecule has 2 atom stereocenters. The maximum atomic E-state index is 11.8. The Balaban J connectivity index is 2.87. The maximum Gasteiger partial charge on any atom is 0.311 e. The van der Waals surface area contributed by atoms with Gasteiger partial charge in [-0.1, -0.05) is 19.1 Å². The summed E-state index contributed by atoms with van der Waals surface area (Å²) < 4.78 is 10.4. The summed E-state index contributed by atoms with van der Waals surface area (Å²) in [5, 5.41) is 10.3. The van der Waals surface area contributed by atoms with E-state index in [9.17, 15) is 9.90 Å². The van der Waals surface area contributed by atoms with Crippen molar-refractivity contribution in [2.75, 3.05) is 13.2 Å². The number of benzene rings is 1. The SMILES string of the molecule is CCOC(=O)C(CC)C(O)c1cccc(OCC)c1. The standard InChI is InChI=1S/C15H22O4/c1-4-13(15(17)19-6-3)14(16)11-8-7-9-12(10-11)18-5-2/h7-10,13-14,16H,4-6H2,1-3H3. The third-order valence-electron chi connectivity index (χ3n) is 2.92. The summed E-state index contributed by atoms with van der Waals surface area (Å²) in [6.07, 6.45) is -0.344.